The molecule has 108 valence electrons. The van der Waals surface area contributed by atoms with E-state index in [4.69, 9.17) is 0 Å². The van der Waals surface area contributed by atoms with E-state index in [1.807, 2.05) is 30.3 Å². The highest BCUT2D eigenvalue weighted by molar-refractivity contribution is 5.82. The molecule has 4 heteroatoms. The monoisotopic (exact) mass is 274 g/mol. The van der Waals surface area contributed by atoms with E-state index in [-0.39, 0.29) is 17.4 Å². The predicted molar refractivity (Wildman–Crippen MR) is 77.1 cm³/mol. The second kappa shape index (κ2) is 5.54. The summed E-state index contributed by atoms with van der Waals surface area (Å²) in [6, 6.07) is 9.69. The van der Waals surface area contributed by atoms with Crippen molar-refractivity contribution in [1.82, 2.24) is 10.6 Å². The predicted octanol–water partition coefficient (Wildman–Crippen LogP) is 1.37. The summed E-state index contributed by atoms with van der Waals surface area (Å²) in [6.07, 6.45) is 3.44. The van der Waals surface area contributed by atoms with E-state index in [9.17, 15) is 9.90 Å². The van der Waals surface area contributed by atoms with Gasteiger partial charge >= 0.3 is 0 Å². The number of amides is 1. The Bertz CT molecular complexity index is 465. The molecule has 4 nitrogen and oxygen atoms in total. The van der Waals surface area contributed by atoms with E-state index < -0.39 is 6.10 Å². The van der Waals surface area contributed by atoms with E-state index in [0.29, 0.717) is 6.54 Å². The number of rotatable bonds is 5. The van der Waals surface area contributed by atoms with E-state index >= 15 is 0 Å². The van der Waals surface area contributed by atoms with Gasteiger partial charge < -0.3 is 15.7 Å². The fraction of sp³-hybridized carbons (Fsp3) is 0.562. The molecule has 1 aliphatic heterocycles. The van der Waals surface area contributed by atoms with Crippen molar-refractivity contribution in [2.45, 2.75) is 37.8 Å². The Hall–Kier alpha value is -1.39. The zero-order valence-corrected chi connectivity index (χ0v) is 11.6. The van der Waals surface area contributed by atoms with E-state index in [2.05, 4.69) is 10.6 Å². The maximum atomic E-state index is 12.0. The molecule has 1 heterocycles. The molecule has 0 aromatic heterocycles. The maximum Gasteiger partial charge on any atom is 0.237 e. The Balaban J connectivity index is 1.57. The summed E-state index contributed by atoms with van der Waals surface area (Å²) in [5.41, 5.74) is 0.786. The minimum atomic E-state index is -0.486. The molecule has 3 rings (SSSR count). The Kier molecular flexibility index (Phi) is 3.76. The number of aliphatic hydroxyl groups excluding tert-OH is 1. The van der Waals surface area contributed by atoms with Crippen molar-refractivity contribution < 1.29 is 9.90 Å². The van der Waals surface area contributed by atoms with Gasteiger partial charge in [-0.05, 0) is 37.8 Å². The highest BCUT2D eigenvalue weighted by Crippen LogP contribution is 2.54. The van der Waals surface area contributed by atoms with Crippen LogP contribution in [0.3, 0.4) is 0 Å². The molecule has 3 N–H and O–H groups in total. The molecule has 20 heavy (non-hydrogen) atoms. The van der Waals surface area contributed by atoms with Crippen LogP contribution >= 0.6 is 0 Å². The second-order valence-corrected chi connectivity index (χ2v) is 6.04. The van der Waals surface area contributed by atoms with Gasteiger partial charge in [0.2, 0.25) is 5.91 Å². The first kappa shape index (κ1) is 13.6. The molecule has 1 amide bonds. The summed E-state index contributed by atoms with van der Waals surface area (Å²) in [6.45, 7) is 1.50. The van der Waals surface area contributed by atoms with Gasteiger partial charge in [0, 0.05) is 12.0 Å². The van der Waals surface area contributed by atoms with Gasteiger partial charge in [0.15, 0.2) is 0 Å². The lowest BCUT2D eigenvalue weighted by Gasteiger charge is -2.24. The molecule has 0 spiro atoms. The standard InChI is InChI=1S/C16H22N2O2/c19-14(12-5-2-1-3-6-12)16(8-9-16)11-18-15(20)13-7-4-10-17-13/h1-3,5-6,13-14,17,19H,4,7-11H2,(H,18,20). The Morgan fingerprint density at radius 1 is 1.40 bits per heavy atom. The third-order valence-corrected chi connectivity index (χ3v) is 4.58. The van der Waals surface area contributed by atoms with Crippen molar-refractivity contribution in [2.75, 3.05) is 13.1 Å². The minimum Gasteiger partial charge on any atom is -0.388 e. The minimum absolute atomic E-state index is 0.0420. The highest BCUT2D eigenvalue weighted by Gasteiger charge is 2.49. The highest BCUT2D eigenvalue weighted by atomic mass is 16.3. The van der Waals surface area contributed by atoms with E-state index in [1.165, 1.54) is 0 Å². The van der Waals surface area contributed by atoms with Crippen LogP contribution in [0.25, 0.3) is 0 Å². The van der Waals surface area contributed by atoms with Crippen LogP contribution in [0.5, 0.6) is 0 Å². The van der Waals surface area contributed by atoms with Gasteiger partial charge in [-0.25, -0.2) is 0 Å². The van der Waals surface area contributed by atoms with Crippen molar-refractivity contribution >= 4 is 5.91 Å². The van der Waals surface area contributed by atoms with Crippen LogP contribution < -0.4 is 10.6 Å². The van der Waals surface area contributed by atoms with Gasteiger partial charge in [0.05, 0.1) is 12.1 Å². The zero-order valence-electron chi connectivity index (χ0n) is 11.6. The van der Waals surface area contributed by atoms with Crippen LogP contribution in [-0.4, -0.2) is 30.1 Å². The summed E-state index contributed by atoms with van der Waals surface area (Å²) in [5, 5.41) is 16.7. The Morgan fingerprint density at radius 3 is 2.75 bits per heavy atom. The SMILES string of the molecule is O=C(NCC1(C(O)c2ccccc2)CC1)C1CCCN1. The largest absolute Gasteiger partial charge is 0.388 e. The molecule has 0 radical (unpaired) electrons. The van der Waals surface area contributed by atoms with Crippen molar-refractivity contribution in [3.05, 3.63) is 35.9 Å². The Morgan fingerprint density at radius 2 is 2.15 bits per heavy atom. The van der Waals surface area contributed by atoms with Gasteiger partial charge in [-0.3, -0.25) is 4.79 Å². The summed E-state index contributed by atoms with van der Waals surface area (Å²) in [7, 11) is 0. The lowest BCUT2D eigenvalue weighted by molar-refractivity contribution is -0.123. The topological polar surface area (TPSA) is 61.4 Å². The molecule has 1 aliphatic carbocycles. The van der Waals surface area contributed by atoms with Crippen molar-refractivity contribution in [2.24, 2.45) is 5.41 Å². The van der Waals surface area contributed by atoms with Crippen LogP contribution in [-0.2, 0) is 4.79 Å². The van der Waals surface area contributed by atoms with Gasteiger partial charge in [-0.15, -0.1) is 0 Å². The van der Waals surface area contributed by atoms with Crippen molar-refractivity contribution in [3.8, 4) is 0 Å². The fourth-order valence-electron chi connectivity index (χ4n) is 2.99. The normalized spacial score (nSPS) is 25.1. The molecular weight excluding hydrogens is 252 g/mol. The number of benzene rings is 1. The van der Waals surface area contributed by atoms with Crippen LogP contribution in [0.1, 0.15) is 37.4 Å². The second-order valence-electron chi connectivity index (χ2n) is 6.04. The molecule has 1 saturated carbocycles. The van der Waals surface area contributed by atoms with Crippen LogP contribution in [0.15, 0.2) is 30.3 Å². The van der Waals surface area contributed by atoms with Crippen molar-refractivity contribution in [3.63, 3.8) is 0 Å². The number of aliphatic hydroxyl groups is 1. The lowest BCUT2D eigenvalue weighted by Crippen LogP contribution is -2.43. The molecule has 1 aromatic rings. The van der Waals surface area contributed by atoms with Gasteiger partial charge in [0.1, 0.15) is 0 Å². The van der Waals surface area contributed by atoms with Gasteiger partial charge in [-0.2, -0.15) is 0 Å². The quantitative estimate of drug-likeness (QED) is 0.760. The third-order valence-electron chi connectivity index (χ3n) is 4.58. The number of carbonyl (C=O) groups excluding carboxylic acids is 1. The number of nitrogens with one attached hydrogen (secondary N) is 2. The third kappa shape index (κ3) is 2.72. The Labute approximate surface area is 119 Å². The van der Waals surface area contributed by atoms with Crippen LogP contribution in [0.4, 0.5) is 0 Å². The summed E-state index contributed by atoms with van der Waals surface area (Å²) < 4.78 is 0. The lowest BCUT2D eigenvalue weighted by atomic mass is 9.92. The van der Waals surface area contributed by atoms with Crippen LogP contribution in [0, 0.1) is 5.41 Å². The molecule has 1 saturated heterocycles. The van der Waals surface area contributed by atoms with Crippen LogP contribution in [0.2, 0.25) is 0 Å². The number of hydrogen-bond donors (Lipinski definition) is 3. The van der Waals surface area contributed by atoms with E-state index in [1.54, 1.807) is 0 Å². The average molecular weight is 274 g/mol. The first-order valence-corrected chi connectivity index (χ1v) is 7.45. The molecule has 2 unspecified atom stereocenters. The molecule has 2 atom stereocenters. The smallest absolute Gasteiger partial charge is 0.237 e. The summed E-state index contributed by atoms with van der Waals surface area (Å²) in [4.78, 5) is 12.0. The molecule has 2 aliphatic rings. The first-order chi connectivity index (χ1) is 9.71. The first-order valence-electron chi connectivity index (χ1n) is 7.45. The fourth-order valence-corrected chi connectivity index (χ4v) is 2.99. The number of carbonyl (C=O) groups is 1. The zero-order chi connectivity index (χ0) is 14.0. The van der Waals surface area contributed by atoms with Gasteiger partial charge in [0.25, 0.3) is 0 Å². The molecule has 1 aromatic carbocycles. The maximum absolute atomic E-state index is 12.0. The van der Waals surface area contributed by atoms with E-state index in [0.717, 1.165) is 37.8 Å². The molecular formula is C16H22N2O2. The number of hydrogen-bond acceptors (Lipinski definition) is 3. The average Bonchev–Trinajstić information content (AvgIpc) is 3.08. The summed E-state index contributed by atoms with van der Waals surface area (Å²) >= 11 is 0. The molecule has 0 bridgehead atoms. The van der Waals surface area contributed by atoms with Gasteiger partial charge in [-0.1, -0.05) is 30.3 Å². The summed E-state index contributed by atoms with van der Waals surface area (Å²) in [5.74, 6) is 0.0778. The molecule has 2 fully saturated rings. The van der Waals surface area contributed by atoms with Crippen molar-refractivity contribution in [1.29, 1.82) is 0 Å².